The zero-order chi connectivity index (χ0) is 22.2. The van der Waals surface area contributed by atoms with E-state index in [9.17, 15) is 5.26 Å². The molecule has 0 bridgehead atoms. The highest BCUT2D eigenvalue weighted by atomic mass is 16.5. The number of ether oxygens (including phenoxy) is 1. The van der Waals surface area contributed by atoms with Crippen molar-refractivity contribution in [2.45, 2.75) is 43.2 Å². The first-order chi connectivity index (χ1) is 16.1. The molecule has 4 fully saturated rings. The third-order valence-corrected chi connectivity index (χ3v) is 8.41. The maximum Gasteiger partial charge on any atom is 0.159 e. The lowest BCUT2D eigenvalue weighted by molar-refractivity contribution is -0.0362. The van der Waals surface area contributed by atoms with Crippen molar-refractivity contribution < 1.29 is 4.74 Å². The number of morpholine rings is 1. The second-order valence-electron chi connectivity index (χ2n) is 10.5. The number of nitrogens with zero attached hydrogens (tertiary/aromatic N) is 7. The number of fused-ring (bicyclic) bond motifs is 2. The predicted octanol–water partition coefficient (Wildman–Crippen LogP) is 2.67. The summed E-state index contributed by atoms with van der Waals surface area (Å²) in [5, 5.41) is 15.7. The van der Waals surface area contributed by atoms with Crippen LogP contribution in [0.5, 0.6) is 0 Å². The minimum Gasteiger partial charge on any atom is -0.373 e. The molecule has 8 nitrogen and oxygen atoms in total. The molecule has 0 amide bonds. The van der Waals surface area contributed by atoms with E-state index < -0.39 is 0 Å². The Morgan fingerprint density at radius 1 is 1.12 bits per heavy atom. The molecule has 168 valence electrons. The molecule has 1 spiro atoms. The summed E-state index contributed by atoms with van der Waals surface area (Å²) < 4.78 is 7.89. The fourth-order valence-electron chi connectivity index (χ4n) is 6.28. The van der Waals surface area contributed by atoms with Gasteiger partial charge < -0.3 is 9.64 Å². The van der Waals surface area contributed by atoms with Crippen molar-refractivity contribution in [2.75, 3.05) is 38.2 Å². The van der Waals surface area contributed by atoms with E-state index in [1.54, 1.807) is 6.33 Å². The van der Waals surface area contributed by atoms with Gasteiger partial charge in [0.25, 0.3) is 0 Å². The van der Waals surface area contributed by atoms with E-state index in [1.165, 1.54) is 12.8 Å². The minimum absolute atomic E-state index is 0.217. The first-order valence-electron chi connectivity index (χ1n) is 11.9. The van der Waals surface area contributed by atoms with Crippen LogP contribution in [-0.4, -0.2) is 70.1 Å². The fourth-order valence-corrected chi connectivity index (χ4v) is 6.28. The van der Waals surface area contributed by atoms with Gasteiger partial charge in [-0.05, 0) is 49.8 Å². The monoisotopic (exact) mass is 441 g/mol. The fraction of sp³-hybridized carbons (Fsp3) is 0.520. The number of anilines is 1. The quantitative estimate of drug-likeness (QED) is 0.618. The lowest BCUT2D eigenvalue weighted by Gasteiger charge is -2.44. The second kappa shape index (κ2) is 6.75. The summed E-state index contributed by atoms with van der Waals surface area (Å²) in [6.07, 6.45) is 8.24. The van der Waals surface area contributed by atoms with Gasteiger partial charge in [0.2, 0.25) is 0 Å². The Hall–Kier alpha value is -3.02. The Bertz CT molecular complexity index is 1280. The summed E-state index contributed by atoms with van der Waals surface area (Å²) in [5.41, 5.74) is 2.20. The topological polar surface area (TPSA) is 83.1 Å². The van der Waals surface area contributed by atoms with Crippen molar-refractivity contribution in [1.29, 1.82) is 5.26 Å². The van der Waals surface area contributed by atoms with Crippen molar-refractivity contribution in [3.8, 4) is 11.9 Å². The molecule has 2 saturated heterocycles. The Morgan fingerprint density at radius 3 is 2.76 bits per heavy atom. The average molecular weight is 442 g/mol. The number of benzene rings is 1. The molecule has 7 rings (SSSR count). The Morgan fingerprint density at radius 2 is 1.97 bits per heavy atom. The van der Waals surface area contributed by atoms with Crippen LogP contribution >= 0.6 is 0 Å². The molecule has 2 saturated carbocycles. The van der Waals surface area contributed by atoms with Gasteiger partial charge >= 0.3 is 0 Å². The number of hydrogen-bond donors (Lipinski definition) is 0. The van der Waals surface area contributed by atoms with E-state index in [0.717, 1.165) is 67.2 Å². The highest BCUT2D eigenvalue weighted by Gasteiger charge is 2.62. The van der Waals surface area contributed by atoms with Gasteiger partial charge in [0.05, 0.1) is 42.0 Å². The van der Waals surface area contributed by atoms with Gasteiger partial charge in [-0.2, -0.15) is 10.4 Å². The summed E-state index contributed by atoms with van der Waals surface area (Å²) in [4.78, 5) is 13.8. The molecule has 2 aromatic heterocycles. The van der Waals surface area contributed by atoms with E-state index in [1.807, 2.05) is 16.9 Å². The van der Waals surface area contributed by atoms with Crippen molar-refractivity contribution in [2.24, 2.45) is 5.41 Å². The molecule has 8 heteroatoms. The van der Waals surface area contributed by atoms with Crippen molar-refractivity contribution in [1.82, 2.24) is 24.6 Å². The number of aromatic nitrogens is 4. The van der Waals surface area contributed by atoms with Crippen molar-refractivity contribution >= 4 is 16.7 Å². The Kier molecular flexibility index (Phi) is 3.98. The van der Waals surface area contributed by atoms with Gasteiger partial charge in [-0.3, -0.25) is 4.90 Å². The van der Waals surface area contributed by atoms with Gasteiger partial charge in [0, 0.05) is 31.1 Å². The molecule has 1 aromatic carbocycles. The largest absolute Gasteiger partial charge is 0.373 e. The third-order valence-electron chi connectivity index (χ3n) is 8.41. The number of rotatable bonds is 3. The lowest BCUT2D eigenvalue weighted by Crippen LogP contribution is -2.48. The second-order valence-corrected chi connectivity index (χ2v) is 10.5. The van der Waals surface area contributed by atoms with Crippen LogP contribution in [0, 0.1) is 16.7 Å². The molecule has 33 heavy (non-hydrogen) atoms. The SMILES string of the molecule is CN1CCOC2CN(c3cc(-n4ncc5ccc(C6(C#N)CC7(CC7)C6)cc54)ncn3)CC21. The maximum absolute atomic E-state index is 10.0. The third kappa shape index (κ3) is 2.92. The summed E-state index contributed by atoms with van der Waals surface area (Å²) in [6.45, 7) is 3.49. The first kappa shape index (κ1) is 19.4. The summed E-state index contributed by atoms with van der Waals surface area (Å²) >= 11 is 0. The number of nitriles is 1. The molecule has 2 aliphatic heterocycles. The van der Waals surface area contributed by atoms with E-state index in [0.29, 0.717) is 11.5 Å². The van der Waals surface area contributed by atoms with Gasteiger partial charge in [0.1, 0.15) is 12.1 Å². The normalized spacial score (nSPS) is 27.3. The maximum atomic E-state index is 10.0. The first-order valence-corrected chi connectivity index (χ1v) is 11.9. The van der Waals surface area contributed by atoms with Crippen molar-refractivity contribution in [3.05, 3.63) is 42.4 Å². The molecule has 4 aliphatic rings. The van der Waals surface area contributed by atoms with Crippen LogP contribution < -0.4 is 4.90 Å². The van der Waals surface area contributed by atoms with Crippen LogP contribution in [-0.2, 0) is 10.2 Å². The van der Waals surface area contributed by atoms with Gasteiger partial charge in [-0.1, -0.05) is 12.1 Å². The highest BCUT2D eigenvalue weighted by molar-refractivity contribution is 5.81. The zero-order valence-corrected chi connectivity index (χ0v) is 18.8. The van der Waals surface area contributed by atoms with Crippen LogP contribution in [0.2, 0.25) is 0 Å². The highest BCUT2D eigenvalue weighted by Crippen LogP contribution is 2.68. The summed E-state index contributed by atoms with van der Waals surface area (Å²) in [5.74, 6) is 1.64. The summed E-state index contributed by atoms with van der Waals surface area (Å²) in [6, 6.07) is 11.4. The van der Waals surface area contributed by atoms with Crippen LogP contribution in [0.25, 0.3) is 16.7 Å². The molecule has 2 atom stereocenters. The predicted molar refractivity (Wildman–Crippen MR) is 123 cm³/mol. The van der Waals surface area contributed by atoms with Crippen molar-refractivity contribution in [3.63, 3.8) is 0 Å². The van der Waals surface area contributed by atoms with Crippen LogP contribution in [0.4, 0.5) is 5.82 Å². The zero-order valence-electron chi connectivity index (χ0n) is 18.8. The Labute approximate surface area is 192 Å². The molecule has 0 radical (unpaired) electrons. The number of hydrogen-bond acceptors (Lipinski definition) is 7. The average Bonchev–Trinajstić information content (AvgIpc) is 3.28. The Balaban J connectivity index is 1.22. The number of likely N-dealkylation sites (N-methyl/N-ethyl adjacent to an activating group) is 1. The molecular weight excluding hydrogens is 414 g/mol. The van der Waals surface area contributed by atoms with Crippen LogP contribution in [0.1, 0.15) is 31.2 Å². The molecule has 4 heterocycles. The van der Waals surface area contributed by atoms with Crippen LogP contribution in [0.3, 0.4) is 0 Å². The van der Waals surface area contributed by atoms with E-state index in [-0.39, 0.29) is 11.5 Å². The molecule has 0 N–H and O–H groups in total. The smallest absolute Gasteiger partial charge is 0.159 e. The van der Waals surface area contributed by atoms with E-state index in [2.05, 4.69) is 56.2 Å². The lowest BCUT2D eigenvalue weighted by atomic mass is 9.57. The molecule has 2 aliphatic carbocycles. The van der Waals surface area contributed by atoms with E-state index in [4.69, 9.17) is 4.74 Å². The molecular formula is C25H27N7O. The van der Waals surface area contributed by atoms with Crippen LogP contribution in [0.15, 0.2) is 36.8 Å². The molecule has 2 unspecified atom stereocenters. The van der Waals surface area contributed by atoms with Gasteiger partial charge in [-0.15, -0.1) is 0 Å². The molecule has 3 aromatic rings. The minimum atomic E-state index is -0.353. The summed E-state index contributed by atoms with van der Waals surface area (Å²) in [7, 11) is 2.17. The van der Waals surface area contributed by atoms with Gasteiger partial charge in [0.15, 0.2) is 5.82 Å². The van der Waals surface area contributed by atoms with E-state index >= 15 is 0 Å². The van der Waals surface area contributed by atoms with Gasteiger partial charge in [-0.25, -0.2) is 14.6 Å². The standard InChI is InChI=1S/C25H27N7O/c1-30-6-7-33-21-12-31(11-20(21)30)22-9-23(28-16-27-22)32-19-8-18(3-2-17(19)10-29-32)25(15-26)13-24(14-25)4-5-24/h2-3,8-10,16,20-21H,4-7,11-14H2,1H3.